The molecule has 122 valence electrons. The van der Waals surface area contributed by atoms with Gasteiger partial charge in [0.1, 0.15) is 6.04 Å². The molecule has 5 heteroatoms. The van der Waals surface area contributed by atoms with Gasteiger partial charge in [0.25, 0.3) is 5.91 Å². The first-order chi connectivity index (χ1) is 11.5. The molecule has 2 N–H and O–H groups in total. The zero-order valence-corrected chi connectivity index (χ0v) is 13.3. The Kier molecular flexibility index (Phi) is 5.69. The van der Waals surface area contributed by atoms with Crippen molar-refractivity contribution in [3.63, 3.8) is 0 Å². The van der Waals surface area contributed by atoms with Gasteiger partial charge < -0.3 is 10.4 Å². The lowest BCUT2D eigenvalue weighted by atomic mass is 9.98. The average molecular weight is 322 g/mol. The lowest BCUT2D eigenvalue weighted by molar-refractivity contribution is -0.140. The molecule has 0 aliphatic heterocycles. The Morgan fingerprint density at radius 2 is 1.67 bits per heavy atom. The lowest BCUT2D eigenvalue weighted by Gasteiger charge is -2.19. The van der Waals surface area contributed by atoms with E-state index in [9.17, 15) is 14.7 Å². The van der Waals surface area contributed by atoms with Gasteiger partial charge in [0.15, 0.2) is 0 Å². The fourth-order valence-corrected chi connectivity index (χ4v) is 2.38. The van der Waals surface area contributed by atoms with Crippen molar-refractivity contribution in [1.29, 1.82) is 5.26 Å². The molecule has 0 unspecified atom stereocenters. The van der Waals surface area contributed by atoms with Gasteiger partial charge >= 0.3 is 5.97 Å². The van der Waals surface area contributed by atoms with E-state index in [-0.39, 0.29) is 6.42 Å². The molecule has 0 aliphatic rings. The molecular formula is C19H18N2O3. The van der Waals surface area contributed by atoms with Crippen molar-refractivity contribution in [3.8, 4) is 17.2 Å². The van der Waals surface area contributed by atoms with Crippen LogP contribution in [0.4, 0.5) is 0 Å². The molecule has 0 heterocycles. The monoisotopic (exact) mass is 322 g/mol. The first kappa shape index (κ1) is 17.2. The fraction of sp³-hybridized carbons (Fsp3) is 0.211. The molecule has 2 aromatic carbocycles. The smallest absolute Gasteiger partial charge is 0.326 e. The Labute approximate surface area is 140 Å². The van der Waals surface area contributed by atoms with Crippen LogP contribution < -0.4 is 5.32 Å². The van der Waals surface area contributed by atoms with Gasteiger partial charge in [0.2, 0.25) is 0 Å². The first-order valence-electron chi connectivity index (χ1n) is 7.59. The second-order valence-electron chi connectivity index (χ2n) is 5.57. The normalized spacial score (nSPS) is 12.7. The third kappa shape index (κ3) is 4.20. The number of carboxylic acid groups (broad SMARTS) is 1. The minimum atomic E-state index is -1.15. The number of hydrogen-bond acceptors (Lipinski definition) is 3. The van der Waals surface area contributed by atoms with E-state index in [1.807, 2.05) is 48.5 Å². The van der Waals surface area contributed by atoms with Gasteiger partial charge in [-0.05, 0) is 23.3 Å². The minimum absolute atomic E-state index is 0.0597. The average Bonchev–Trinajstić information content (AvgIpc) is 2.60. The maximum absolute atomic E-state index is 12.3. The highest BCUT2D eigenvalue weighted by Gasteiger charge is 2.26. The van der Waals surface area contributed by atoms with E-state index in [0.29, 0.717) is 5.56 Å². The summed E-state index contributed by atoms with van der Waals surface area (Å²) in [6.45, 7) is 1.63. The maximum Gasteiger partial charge on any atom is 0.326 e. The van der Waals surface area contributed by atoms with Gasteiger partial charge in [-0.1, -0.05) is 49.4 Å². The predicted molar refractivity (Wildman–Crippen MR) is 90.2 cm³/mol. The molecule has 0 aliphatic carbocycles. The van der Waals surface area contributed by atoms with Crippen molar-refractivity contribution in [3.05, 3.63) is 60.2 Å². The van der Waals surface area contributed by atoms with E-state index in [1.165, 1.54) is 0 Å². The number of carbonyl (C=O) groups is 2. The Morgan fingerprint density at radius 3 is 2.21 bits per heavy atom. The van der Waals surface area contributed by atoms with Gasteiger partial charge in [-0.15, -0.1) is 0 Å². The van der Waals surface area contributed by atoms with Crippen LogP contribution in [0.2, 0.25) is 0 Å². The van der Waals surface area contributed by atoms with Crippen molar-refractivity contribution < 1.29 is 14.7 Å². The van der Waals surface area contributed by atoms with E-state index in [4.69, 9.17) is 5.26 Å². The van der Waals surface area contributed by atoms with Crippen molar-refractivity contribution >= 4 is 11.9 Å². The Hall–Kier alpha value is -3.13. The summed E-state index contributed by atoms with van der Waals surface area (Å²) in [5, 5.41) is 20.4. The van der Waals surface area contributed by atoms with Crippen molar-refractivity contribution in [2.45, 2.75) is 19.4 Å². The molecule has 0 saturated carbocycles. The molecule has 0 fully saturated rings. The minimum Gasteiger partial charge on any atom is -0.480 e. The van der Waals surface area contributed by atoms with Crippen LogP contribution in [0.5, 0.6) is 0 Å². The predicted octanol–water partition coefficient (Wildman–Crippen LogP) is 3.09. The Balaban J connectivity index is 2.12. The number of carbonyl (C=O) groups excluding carboxylic acids is 1. The highest BCUT2D eigenvalue weighted by Crippen LogP contribution is 2.19. The summed E-state index contributed by atoms with van der Waals surface area (Å²) in [5.74, 6) is -2.08. The molecular weight excluding hydrogens is 304 g/mol. The van der Waals surface area contributed by atoms with Crippen LogP contribution >= 0.6 is 0 Å². The molecule has 24 heavy (non-hydrogen) atoms. The molecule has 0 bridgehead atoms. The number of amides is 1. The highest BCUT2D eigenvalue weighted by atomic mass is 16.4. The zero-order valence-electron chi connectivity index (χ0n) is 13.3. The standard InChI is InChI=1S/C19H18N2O3/c1-13(11-12-20)17(19(23)24)21-18(22)16-9-7-15(8-10-16)14-5-3-2-4-6-14/h2-10,13,17H,11H2,1H3,(H,21,22)(H,23,24)/t13-,17+/m1/s1. The third-order valence-electron chi connectivity index (χ3n) is 3.79. The SMILES string of the molecule is C[C@H](CC#N)[C@H](NC(=O)c1ccc(-c2ccccc2)cc1)C(=O)O. The first-order valence-corrected chi connectivity index (χ1v) is 7.59. The molecule has 0 spiro atoms. The van der Waals surface area contributed by atoms with E-state index in [1.54, 1.807) is 19.1 Å². The number of aliphatic carboxylic acids is 1. The van der Waals surface area contributed by atoms with Gasteiger partial charge in [-0.3, -0.25) is 4.79 Å². The fourth-order valence-electron chi connectivity index (χ4n) is 2.38. The Bertz CT molecular complexity index is 748. The number of nitrogens with one attached hydrogen (secondary N) is 1. The maximum atomic E-state index is 12.3. The number of nitrogens with zero attached hydrogens (tertiary/aromatic N) is 1. The third-order valence-corrected chi connectivity index (χ3v) is 3.79. The number of hydrogen-bond donors (Lipinski definition) is 2. The summed E-state index contributed by atoms with van der Waals surface area (Å²) in [4.78, 5) is 23.6. The number of rotatable bonds is 6. The van der Waals surface area contributed by atoms with E-state index in [2.05, 4.69) is 5.32 Å². The van der Waals surface area contributed by atoms with Crippen LogP contribution in [-0.2, 0) is 4.79 Å². The topological polar surface area (TPSA) is 90.2 Å². The highest BCUT2D eigenvalue weighted by molar-refractivity contribution is 5.97. The molecule has 2 aromatic rings. The largest absolute Gasteiger partial charge is 0.480 e. The van der Waals surface area contributed by atoms with E-state index < -0.39 is 23.8 Å². The summed E-state index contributed by atoms with van der Waals surface area (Å²) >= 11 is 0. The van der Waals surface area contributed by atoms with Crippen molar-refractivity contribution in [1.82, 2.24) is 5.32 Å². The lowest BCUT2D eigenvalue weighted by Crippen LogP contribution is -2.45. The van der Waals surface area contributed by atoms with Gasteiger partial charge in [-0.25, -0.2) is 4.79 Å². The second kappa shape index (κ2) is 7.93. The number of nitriles is 1. The molecule has 2 rings (SSSR count). The Morgan fingerprint density at radius 1 is 1.08 bits per heavy atom. The molecule has 0 saturated heterocycles. The van der Waals surface area contributed by atoms with Crippen LogP contribution in [0, 0.1) is 17.2 Å². The van der Waals surface area contributed by atoms with Gasteiger partial charge in [0, 0.05) is 17.9 Å². The van der Waals surface area contributed by atoms with Gasteiger partial charge in [-0.2, -0.15) is 5.26 Å². The molecule has 5 nitrogen and oxygen atoms in total. The molecule has 0 aromatic heterocycles. The van der Waals surface area contributed by atoms with Crippen molar-refractivity contribution in [2.75, 3.05) is 0 Å². The van der Waals surface area contributed by atoms with E-state index in [0.717, 1.165) is 11.1 Å². The van der Waals surface area contributed by atoms with Crippen LogP contribution in [0.3, 0.4) is 0 Å². The second-order valence-corrected chi connectivity index (χ2v) is 5.57. The van der Waals surface area contributed by atoms with Crippen LogP contribution in [0.15, 0.2) is 54.6 Å². The number of benzene rings is 2. The van der Waals surface area contributed by atoms with Crippen LogP contribution in [-0.4, -0.2) is 23.0 Å². The van der Waals surface area contributed by atoms with Crippen molar-refractivity contribution in [2.24, 2.45) is 5.92 Å². The summed E-state index contributed by atoms with van der Waals surface area (Å²) in [6.07, 6.45) is 0.0597. The van der Waals surface area contributed by atoms with Gasteiger partial charge in [0.05, 0.1) is 6.07 Å². The van der Waals surface area contributed by atoms with Crippen LogP contribution in [0.25, 0.3) is 11.1 Å². The quantitative estimate of drug-likeness (QED) is 0.855. The summed E-state index contributed by atoms with van der Waals surface area (Å²) < 4.78 is 0. The molecule has 2 atom stereocenters. The zero-order chi connectivity index (χ0) is 17.5. The van der Waals surface area contributed by atoms with Crippen LogP contribution in [0.1, 0.15) is 23.7 Å². The number of carboxylic acids is 1. The molecule has 0 radical (unpaired) electrons. The summed E-state index contributed by atoms with van der Waals surface area (Å²) in [5.41, 5.74) is 2.39. The van der Waals surface area contributed by atoms with E-state index >= 15 is 0 Å². The molecule has 1 amide bonds. The summed E-state index contributed by atoms with van der Waals surface area (Å²) in [7, 11) is 0. The summed E-state index contributed by atoms with van der Waals surface area (Å²) in [6, 6.07) is 17.5.